The van der Waals surface area contributed by atoms with Crippen molar-refractivity contribution in [2.45, 2.75) is 26.2 Å². The molecule has 1 unspecified atom stereocenters. The molecule has 1 atom stereocenters. The van der Waals surface area contributed by atoms with E-state index in [1.807, 2.05) is 0 Å². The van der Waals surface area contributed by atoms with Crippen molar-refractivity contribution in [3.8, 4) is 0 Å². The molecule has 84 valence electrons. The number of nitrogens with zero attached hydrogens (tertiary/aromatic N) is 3. The SMILES string of the molecule is CCC(C)c1nc2c(C(N)=O)cccn2n1. The van der Waals surface area contributed by atoms with Gasteiger partial charge in [-0.15, -0.1) is 0 Å². The normalized spacial score (nSPS) is 12.9. The highest BCUT2D eigenvalue weighted by molar-refractivity contribution is 5.98. The average Bonchev–Trinajstić information content (AvgIpc) is 2.70. The number of fused-ring (bicyclic) bond motifs is 1. The maximum absolute atomic E-state index is 11.2. The monoisotopic (exact) mass is 218 g/mol. The second-order valence-corrected chi connectivity index (χ2v) is 3.83. The number of amides is 1. The lowest BCUT2D eigenvalue weighted by Crippen LogP contribution is -2.12. The molecule has 0 aliphatic carbocycles. The van der Waals surface area contributed by atoms with Gasteiger partial charge in [-0.2, -0.15) is 5.10 Å². The summed E-state index contributed by atoms with van der Waals surface area (Å²) < 4.78 is 1.60. The Bertz CT molecular complexity index is 532. The van der Waals surface area contributed by atoms with E-state index in [1.54, 1.807) is 22.8 Å². The Balaban J connectivity index is 2.61. The van der Waals surface area contributed by atoms with E-state index < -0.39 is 5.91 Å². The van der Waals surface area contributed by atoms with Gasteiger partial charge in [0.25, 0.3) is 5.91 Å². The van der Waals surface area contributed by atoms with Crippen LogP contribution in [0.2, 0.25) is 0 Å². The lowest BCUT2D eigenvalue weighted by Gasteiger charge is -1.99. The number of primary amides is 1. The molecule has 2 rings (SSSR count). The molecule has 1 amide bonds. The van der Waals surface area contributed by atoms with Crippen LogP contribution in [0.4, 0.5) is 0 Å². The Morgan fingerprint density at radius 3 is 3.00 bits per heavy atom. The van der Waals surface area contributed by atoms with E-state index in [0.29, 0.717) is 11.2 Å². The molecule has 2 heterocycles. The third kappa shape index (κ3) is 1.64. The summed E-state index contributed by atoms with van der Waals surface area (Å²) in [6, 6.07) is 3.40. The summed E-state index contributed by atoms with van der Waals surface area (Å²) in [4.78, 5) is 15.6. The van der Waals surface area contributed by atoms with E-state index in [1.165, 1.54) is 0 Å². The van der Waals surface area contributed by atoms with Gasteiger partial charge in [-0.25, -0.2) is 9.50 Å². The molecule has 0 bridgehead atoms. The number of nitrogens with two attached hydrogens (primary N) is 1. The fraction of sp³-hybridized carbons (Fsp3) is 0.364. The topological polar surface area (TPSA) is 73.3 Å². The first kappa shape index (κ1) is 10.6. The largest absolute Gasteiger partial charge is 0.365 e. The van der Waals surface area contributed by atoms with Crippen LogP contribution in [0.25, 0.3) is 5.65 Å². The summed E-state index contributed by atoms with van der Waals surface area (Å²) in [5.41, 5.74) is 6.22. The molecule has 2 N–H and O–H groups in total. The van der Waals surface area contributed by atoms with Gasteiger partial charge in [-0.1, -0.05) is 13.8 Å². The maximum atomic E-state index is 11.2. The van der Waals surface area contributed by atoms with Crippen molar-refractivity contribution in [3.05, 3.63) is 29.7 Å². The van der Waals surface area contributed by atoms with E-state index in [-0.39, 0.29) is 5.92 Å². The molecule has 0 radical (unpaired) electrons. The number of carbonyl (C=O) groups excluding carboxylic acids is 1. The lowest BCUT2D eigenvalue weighted by atomic mass is 10.1. The van der Waals surface area contributed by atoms with Crippen LogP contribution in [0.3, 0.4) is 0 Å². The maximum Gasteiger partial charge on any atom is 0.252 e. The standard InChI is InChI=1S/C11H14N4O/c1-3-7(2)10-13-11-8(9(12)16)5-4-6-15(11)14-10/h4-7H,3H2,1-2H3,(H2,12,16). The van der Waals surface area contributed by atoms with Gasteiger partial charge in [0.2, 0.25) is 0 Å². The molecule has 5 heteroatoms. The van der Waals surface area contributed by atoms with Crippen LogP contribution in [-0.4, -0.2) is 20.5 Å². The Morgan fingerprint density at radius 2 is 2.38 bits per heavy atom. The molecule has 0 saturated carbocycles. The first-order chi connectivity index (χ1) is 7.63. The molecule has 2 aromatic rings. The third-order valence-corrected chi connectivity index (χ3v) is 2.70. The molecular weight excluding hydrogens is 204 g/mol. The van der Waals surface area contributed by atoms with E-state index in [0.717, 1.165) is 12.2 Å². The minimum absolute atomic E-state index is 0.278. The number of hydrogen-bond donors (Lipinski definition) is 1. The van der Waals surface area contributed by atoms with Crippen molar-refractivity contribution in [1.29, 1.82) is 0 Å². The second kappa shape index (κ2) is 3.92. The number of aromatic nitrogens is 3. The minimum atomic E-state index is -0.478. The van der Waals surface area contributed by atoms with E-state index in [9.17, 15) is 4.79 Å². The second-order valence-electron chi connectivity index (χ2n) is 3.83. The summed E-state index contributed by atoms with van der Waals surface area (Å²) in [6.07, 6.45) is 2.73. The van der Waals surface area contributed by atoms with Crippen molar-refractivity contribution in [1.82, 2.24) is 14.6 Å². The third-order valence-electron chi connectivity index (χ3n) is 2.70. The quantitative estimate of drug-likeness (QED) is 0.844. The molecule has 2 aromatic heterocycles. The summed E-state index contributed by atoms with van der Waals surface area (Å²) >= 11 is 0. The highest BCUT2D eigenvalue weighted by Gasteiger charge is 2.14. The minimum Gasteiger partial charge on any atom is -0.365 e. The van der Waals surface area contributed by atoms with Crippen LogP contribution in [0.15, 0.2) is 18.3 Å². The van der Waals surface area contributed by atoms with Crippen molar-refractivity contribution < 1.29 is 4.79 Å². The smallest absolute Gasteiger partial charge is 0.252 e. The molecule has 0 aliphatic heterocycles. The Hall–Kier alpha value is -1.91. The van der Waals surface area contributed by atoms with Gasteiger partial charge in [-0.3, -0.25) is 4.79 Å². The van der Waals surface area contributed by atoms with Gasteiger partial charge in [0, 0.05) is 12.1 Å². The van der Waals surface area contributed by atoms with E-state index in [2.05, 4.69) is 23.9 Å². The first-order valence-electron chi connectivity index (χ1n) is 5.28. The van der Waals surface area contributed by atoms with Crippen LogP contribution in [0.5, 0.6) is 0 Å². The lowest BCUT2D eigenvalue weighted by molar-refractivity contribution is 0.100. The number of hydrogen-bond acceptors (Lipinski definition) is 3. The van der Waals surface area contributed by atoms with Gasteiger partial charge in [0.1, 0.15) is 0 Å². The number of carbonyl (C=O) groups is 1. The predicted molar refractivity (Wildman–Crippen MR) is 60.2 cm³/mol. The fourth-order valence-electron chi connectivity index (χ4n) is 1.51. The van der Waals surface area contributed by atoms with Crippen LogP contribution in [-0.2, 0) is 0 Å². The van der Waals surface area contributed by atoms with Crippen molar-refractivity contribution in [2.24, 2.45) is 5.73 Å². The zero-order chi connectivity index (χ0) is 11.7. The average molecular weight is 218 g/mol. The molecule has 0 fully saturated rings. The van der Waals surface area contributed by atoms with Crippen molar-refractivity contribution in [2.75, 3.05) is 0 Å². The van der Waals surface area contributed by atoms with Crippen molar-refractivity contribution >= 4 is 11.6 Å². The van der Waals surface area contributed by atoms with Crippen molar-refractivity contribution in [3.63, 3.8) is 0 Å². The van der Waals surface area contributed by atoms with Crippen LogP contribution < -0.4 is 5.73 Å². The number of rotatable bonds is 3. The van der Waals surface area contributed by atoms with Gasteiger partial charge >= 0.3 is 0 Å². The molecule has 0 saturated heterocycles. The Labute approximate surface area is 93.3 Å². The van der Waals surface area contributed by atoms with Gasteiger partial charge in [-0.05, 0) is 18.6 Å². The van der Waals surface area contributed by atoms with Crippen LogP contribution in [0, 0.1) is 0 Å². The summed E-state index contributed by atoms with van der Waals surface area (Å²) in [5.74, 6) is 0.547. The molecule has 0 aromatic carbocycles. The van der Waals surface area contributed by atoms with Crippen LogP contribution >= 0.6 is 0 Å². The fourth-order valence-corrected chi connectivity index (χ4v) is 1.51. The Kier molecular flexibility index (Phi) is 2.60. The summed E-state index contributed by atoms with van der Waals surface area (Å²) in [5, 5.41) is 4.32. The Morgan fingerprint density at radius 1 is 1.62 bits per heavy atom. The molecular formula is C11H14N4O. The predicted octanol–water partition coefficient (Wildman–Crippen LogP) is 1.34. The van der Waals surface area contributed by atoms with Crippen LogP contribution in [0.1, 0.15) is 42.4 Å². The molecule has 0 spiro atoms. The zero-order valence-electron chi connectivity index (χ0n) is 9.34. The molecule has 16 heavy (non-hydrogen) atoms. The molecule has 5 nitrogen and oxygen atoms in total. The van der Waals surface area contributed by atoms with E-state index >= 15 is 0 Å². The zero-order valence-corrected chi connectivity index (χ0v) is 9.34. The highest BCUT2D eigenvalue weighted by atomic mass is 16.1. The van der Waals surface area contributed by atoms with Gasteiger partial charge in [0.05, 0.1) is 5.56 Å². The summed E-state index contributed by atoms with van der Waals surface area (Å²) in [7, 11) is 0. The van der Waals surface area contributed by atoms with E-state index in [4.69, 9.17) is 5.73 Å². The first-order valence-corrected chi connectivity index (χ1v) is 5.28. The van der Waals surface area contributed by atoms with Gasteiger partial charge in [0.15, 0.2) is 11.5 Å². The molecule has 0 aliphatic rings. The summed E-state index contributed by atoms with van der Waals surface area (Å²) in [6.45, 7) is 4.13. The van der Waals surface area contributed by atoms with Gasteiger partial charge < -0.3 is 5.73 Å². The number of pyridine rings is 1. The highest BCUT2D eigenvalue weighted by Crippen LogP contribution is 2.16.